The highest BCUT2D eigenvalue weighted by Crippen LogP contribution is 2.27. The molecular formula is C13H10FNOS. The van der Waals surface area contributed by atoms with Gasteiger partial charge in [-0.1, -0.05) is 0 Å². The van der Waals surface area contributed by atoms with Gasteiger partial charge >= 0.3 is 0 Å². The third-order valence-corrected chi connectivity index (χ3v) is 3.50. The second-order valence-electron chi connectivity index (χ2n) is 3.59. The second kappa shape index (κ2) is 5.07. The summed E-state index contributed by atoms with van der Waals surface area (Å²) in [5.74, 6) is 1.10. The number of nitrogens with zero attached hydrogens (tertiary/aromatic N) is 1. The average molecular weight is 247 g/mol. The molecule has 86 valence electrons. The van der Waals surface area contributed by atoms with Crippen molar-refractivity contribution in [2.45, 2.75) is 17.6 Å². The van der Waals surface area contributed by atoms with Crippen molar-refractivity contribution in [3.63, 3.8) is 0 Å². The van der Waals surface area contributed by atoms with Crippen LogP contribution in [0.5, 0.6) is 0 Å². The molecule has 0 radical (unpaired) electrons. The minimum atomic E-state index is -0.372. The average Bonchev–Trinajstić information content (AvgIpc) is 2.71. The molecule has 0 fully saturated rings. The van der Waals surface area contributed by atoms with E-state index in [0.717, 1.165) is 16.2 Å². The number of rotatable bonds is 3. The monoisotopic (exact) mass is 247 g/mol. The molecule has 0 saturated carbocycles. The van der Waals surface area contributed by atoms with Crippen LogP contribution in [0.15, 0.2) is 39.8 Å². The highest BCUT2D eigenvalue weighted by atomic mass is 32.2. The molecule has 1 aromatic heterocycles. The summed E-state index contributed by atoms with van der Waals surface area (Å²) in [5, 5.41) is 8.74. The Balaban J connectivity index is 2.12. The molecule has 1 aromatic carbocycles. The van der Waals surface area contributed by atoms with Crippen LogP contribution in [0.25, 0.3) is 0 Å². The molecule has 0 amide bonds. The molecule has 4 heteroatoms. The van der Waals surface area contributed by atoms with E-state index in [9.17, 15) is 4.39 Å². The first-order chi connectivity index (χ1) is 8.19. The maximum absolute atomic E-state index is 13.2. The molecule has 0 N–H and O–H groups in total. The fraction of sp³-hybridized carbons (Fsp3) is 0.154. The van der Waals surface area contributed by atoms with E-state index in [1.165, 1.54) is 12.1 Å². The van der Waals surface area contributed by atoms with Gasteiger partial charge in [-0.25, -0.2) is 4.39 Å². The van der Waals surface area contributed by atoms with Crippen molar-refractivity contribution < 1.29 is 8.81 Å². The summed E-state index contributed by atoms with van der Waals surface area (Å²) in [7, 11) is 0. The number of hydrogen-bond donors (Lipinski definition) is 0. The predicted octanol–water partition coefficient (Wildman–Crippen LogP) is 3.89. The number of aryl methyl sites for hydroxylation is 1. The number of benzene rings is 1. The summed E-state index contributed by atoms with van der Waals surface area (Å²) in [6, 6.07) is 8.21. The van der Waals surface area contributed by atoms with E-state index < -0.39 is 0 Å². The molecule has 2 rings (SSSR count). The minimum absolute atomic E-state index is 0.351. The van der Waals surface area contributed by atoms with Crippen molar-refractivity contribution in [1.29, 1.82) is 5.26 Å². The normalized spacial score (nSPS) is 10.2. The molecule has 0 bridgehead atoms. The standard InChI is InChI=1S/C13H10FNOS/c1-9-13(2-3-16-9)17-8-11-4-10(7-15)5-12(14)6-11/h2-6H,8H2,1H3. The maximum Gasteiger partial charge on any atom is 0.124 e. The fourth-order valence-corrected chi connectivity index (χ4v) is 2.37. The number of hydrogen-bond acceptors (Lipinski definition) is 3. The Morgan fingerprint density at radius 1 is 1.41 bits per heavy atom. The van der Waals surface area contributed by atoms with Gasteiger partial charge in [0.05, 0.1) is 17.9 Å². The van der Waals surface area contributed by atoms with Gasteiger partial charge in [-0.15, -0.1) is 11.8 Å². The number of halogens is 1. The molecule has 0 aliphatic carbocycles. The Morgan fingerprint density at radius 2 is 2.24 bits per heavy atom. The van der Waals surface area contributed by atoms with E-state index in [1.54, 1.807) is 24.1 Å². The first-order valence-corrected chi connectivity index (χ1v) is 6.04. The number of furan rings is 1. The summed E-state index contributed by atoms with van der Waals surface area (Å²) >= 11 is 1.56. The van der Waals surface area contributed by atoms with Crippen LogP contribution in [0.3, 0.4) is 0 Å². The lowest BCUT2D eigenvalue weighted by Gasteiger charge is -2.02. The van der Waals surface area contributed by atoms with Gasteiger partial charge in [0.15, 0.2) is 0 Å². The van der Waals surface area contributed by atoms with E-state index in [1.807, 2.05) is 19.1 Å². The zero-order valence-corrected chi connectivity index (χ0v) is 10.1. The predicted molar refractivity (Wildman–Crippen MR) is 64.1 cm³/mol. The van der Waals surface area contributed by atoms with Crippen molar-refractivity contribution in [2.24, 2.45) is 0 Å². The summed E-state index contributed by atoms with van der Waals surface area (Å²) in [6.45, 7) is 1.88. The number of thioether (sulfide) groups is 1. The molecule has 2 nitrogen and oxygen atoms in total. The largest absolute Gasteiger partial charge is 0.468 e. The summed E-state index contributed by atoms with van der Waals surface area (Å²) in [6.07, 6.45) is 1.63. The number of nitriles is 1. The third kappa shape index (κ3) is 2.89. The van der Waals surface area contributed by atoms with Crippen molar-refractivity contribution in [3.05, 3.63) is 53.2 Å². The SMILES string of the molecule is Cc1occc1SCc1cc(F)cc(C#N)c1. The van der Waals surface area contributed by atoms with Gasteiger partial charge in [0.1, 0.15) is 11.6 Å². The van der Waals surface area contributed by atoms with Gasteiger partial charge in [-0.3, -0.25) is 0 Å². The van der Waals surface area contributed by atoms with E-state index in [4.69, 9.17) is 9.68 Å². The lowest BCUT2D eigenvalue weighted by Crippen LogP contribution is -1.86. The van der Waals surface area contributed by atoms with Crippen molar-refractivity contribution >= 4 is 11.8 Å². The second-order valence-corrected chi connectivity index (χ2v) is 4.61. The van der Waals surface area contributed by atoms with Crippen molar-refractivity contribution in [2.75, 3.05) is 0 Å². The Kier molecular flexibility index (Phi) is 3.50. The van der Waals surface area contributed by atoms with Gasteiger partial charge in [0.2, 0.25) is 0 Å². The Hall–Kier alpha value is -1.73. The quantitative estimate of drug-likeness (QED) is 0.772. The van der Waals surface area contributed by atoms with E-state index in [-0.39, 0.29) is 5.82 Å². The van der Waals surface area contributed by atoms with Gasteiger partial charge in [0, 0.05) is 10.6 Å². The maximum atomic E-state index is 13.2. The van der Waals surface area contributed by atoms with Crippen LogP contribution < -0.4 is 0 Å². The molecule has 17 heavy (non-hydrogen) atoms. The van der Waals surface area contributed by atoms with E-state index in [2.05, 4.69) is 0 Å². The molecule has 0 unspecified atom stereocenters. The molecule has 1 heterocycles. The van der Waals surface area contributed by atoms with Crippen LogP contribution in [0.4, 0.5) is 4.39 Å². The Morgan fingerprint density at radius 3 is 2.88 bits per heavy atom. The van der Waals surface area contributed by atoms with Crippen LogP contribution in [0.1, 0.15) is 16.9 Å². The van der Waals surface area contributed by atoms with E-state index >= 15 is 0 Å². The molecule has 2 aromatic rings. The van der Waals surface area contributed by atoms with Gasteiger partial charge < -0.3 is 4.42 Å². The van der Waals surface area contributed by atoms with Crippen LogP contribution in [0.2, 0.25) is 0 Å². The van der Waals surface area contributed by atoms with Gasteiger partial charge in [-0.05, 0) is 36.8 Å². The molecule has 0 aliphatic heterocycles. The van der Waals surface area contributed by atoms with Crippen LogP contribution in [-0.2, 0) is 5.75 Å². The highest BCUT2D eigenvalue weighted by Gasteiger charge is 2.05. The zero-order chi connectivity index (χ0) is 12.3. The Labute approximate surface area is 103 Å². The summed E-state index contributed by atoms with van der Waals surface area (Å²) in [4.78, 5) is 1.03. The first-order valence-electron chi connectivity index (χ1n) is 5.05. The molecule has 0 saturated heterocycles. The van der Waals surface area contributed by atoms with Crippen LogP contribution in [0, 0.1) is 24.1 Å². The van der Waals surface area contributed by atoms with Crippen LogP contribution in [-0.4, -0.2) is 0 Å². The van der Waals surface area contributed by atoms with Crippen molar-refractivity contribution in [1.82, 2.24) is 0 Å². The lowest BCUT2D eigenvalue weighted by atomic mass is 10.1. The first kappa shape index (κ1) is 11.7. The summed E-state index contributed by atoms with van der Waals surface area (Å²) < 4.78 is 18.4. The topological polar surface area (TPSA) is 36.9 Å². The van der Waals surface area contributed by atoms with Crippen LogP contribution >= 0.6 is 11.8 Å². The van der Waals surface area contributed by atoms with Gasteiger partial charge in [-0.2, -0.15) is 5.26 Å². The van der Waals surface area contributed by atoms with Gasteiger partial charge in [0.25, 0.3) is 0 Å². The fourth-order valence-electron chi connectivity index (χ4n) is 1.48. The smallest absolute Gasteiger partial charge is 0.124 e. The Bertz CT molecular complexity index is 571. The zero-order valence-electron chi connectivity index (χ0n) is 9.24. The molecular weight excluding hydrogens is 237 g/mol. The third-order valence-electron chi connectivity index (χ3n) is 2.29. The molecule has 0 aliphatic rings. The molecule has 0 atom stereocenters. The summed E-state index contributed by atoms with van der Waals surface area (Å²) in [5.41, 5.74) is 1.15. The minimum Gasteiger partial charge on any atom is -0.468 e. The highest BCUT2D eigenvalue weighted by molar-refractivity contribution is 7.98. The molecule has 0 spiro atoms. The van der Waals surface area contributed by atoms with Crippen molar-refractivity contribution in [3.8, 4) is 6.07 Å². The van der Waals surface area contributed by atoms with E-state index in [0.29, 0.717) is 11.3 Å². The lowest BCUT2D eigenvalue weighted by molar-refractivity contribution is 0.527.